The molecule has 0 amide bonds. The van der Waals surface area contributed by atoms with E-state index in [0.29, 0.717) is 25.7 Å². The minimum absolute atomic E-state index is 0.222. The van der Waals surface area contributed by atoms with Gasteiger partial charge in [0.25, 0.3) is 0 Å². The third-order valence-electron chi connectivity index (χ3n) is 8.51. The SMILES string of the molecule is CCCCCCCCCCC(CC)(CO)[N+](=O)[O-].CCCCCCCCCCC(CO)(CCCCCC)[N+](=O)[O-]. The van der Waals surface area contributed by atoms with Gasteiger partial charge in [0, 0.05) is 35.5 Å². The topological polar surface area (TPSA) is 127 Å². The van der Waals surface area contributed by atoms with Gasteiger partial charge in [-0.05, 0) is 19.3 Å². The third kappa shape index (κ3) is 19.7. The molecule has 0 bridgehead atoms. The van der Waals surface area contributed by atoms with Crippen LogP contribution in [0.1, 0.15) is 182 Å². The Kier molecular flexibility index (Phi) is 28.5. The molecule has 2 unspecified atom stereocenters. The van der Waals surface area contributed by atoms with Gasteiger partial charge < -0.3 is 10.2 Å². The van der Waals surface area contributed by atoms with Crippen molar-refractivity contribution in [1.82, 2.24) is 0 Å². The number of hydrogen-bond donors (Lipinski definition) is 2. The summed E-state index contributed by atoms with van der Waals surface area (Å²) in [6, 6.07) is 0. The zero-order valence-corrected chi connectivity index (χ0v) is 26.8. The highest BCUT2D eigenvalue weighted by molar-refractivity contribution is 4.79. The van der Waals surface area contributed by atoms with Crippen molar-refractivity contribution in [2.45, 2.75) is 193 Å². The molecule has 2 atom stereocenters. The van der Waals surface area contributed by atoms with Crippen molar-refractivity contribution in [1.29, 1.82) is 0 Å². The van der Waals surface area contributed by atoms with E-state index in [1.807, 2.05) is 0 Å². The fourth-order valence-electron chi connectivity index (χ4n) is 5.23. The molecule has 2 N–H and O–H groups in total. The molecule has 0 aromatic carbocycles. The summed E-state index contributed by atoms with van der Waals surface area (Å²) in [6.07, 6.45) is 25.0. The number of nitro groups is 2. The first kappa shape index (κ1) is 40.9. The predicted octanol–water partition coefficient (Wildman–Crippen LogP) is 9.43. The first-order valence-corrected chi connectivity index (χ1v) is 16.8. The van der Waals surface area contributed by atoms with Gasteiger partial charge in [-0.2, -0.15) is 0 Å². The summed E-state index contributed by atoms with van der Waals surface area (Å²) in [7, 11) is 0. The highest BCUT2D eigenvalue weighted by Gasteiger charge is 2.41. The number of unbranched alkanes of at least 4 members (excludes halogenated alkanes) is 17. The molecule has 0 rings (SSSR count). The molecule has 0 spiro atoms. The van der Waals surface area contributed by atoms with E-state index >= 15 is 0 Å². The Labute approximate surface area is 246 Å². The van der Waals surface area contributed by atoms with Crippen LogP contribution < -0.4 is 0 Å². The summed E-state index contributed by atoms with van der Waals surface area (Å²) in [5, 5.41) is 41.1. The lowest BCUT2D eigenvalue weighted by atomic mass is 9.87. The minimum atomic E-state index is -1.10. The van der Waals surface area contributed by atoms with Crippen molar-refractivity contribution in [3.05, 3.63) is 20.2 Å². The van der Waals surface area contributed by atoms with Gasteiger partial charge in [0.2, 0.25) is 11.1 Å². The fraction of sp³-hybridized carbons (Fsp3) is 1.00. The Bertz CT molecular complexity index is 586. The first-order valence-electron chi connectivity index (χ1n) is 16.8. The Morgan fingerprint density at radius 1 is 0.450 bits per heavy atom. The maximum Gasteiger partial charge on any atom is 0.244 e. The Morgan fingerprint density at radius 2 is 0.700 bits per heavy atom. The summed E-state index contributed by atoms with van der Waals surface area (Å²) in [6.45, 7) is 7.68. The van der Waals surface area contributed by atoms with E-state index in [2.05, 4.69) is 20.8 Å². The highest BCUT2D eigenvalue weighted by Crippen LogP contribution is 2.26. The molecule has 0 fully saturated rings. The lowest BCUT2D eigenvalue weighted by Gasteiger charge is -2.23. The Hall–Kier alpha value is -1.28. The smallest absolute Gasteiger partial charge is 0.244 e. The van der Waals surface area contributed by atoms with Crippen molar-refractivity contribution in [3.8, 4) is 0 Å². The molecule has 0 heterocycles. The van der Waals surface area contributed by atoms with Crippen LogP contribution in [0.5, 0.6) is 0 Å². The monoisotopic (exact) mass is 574 g/mol. The molecule has 0 radical (unpaired) electrons. The molecular formula is C32H66N2O6. The summed E-state index contributed by atoms with van der Waals surface area (Å²) >= 11 is 0. The summed E-state index contributed by atoms with van der Waals surface area (Å²) in [4.78, 5) is 21.8. The molecule has 0 aliphatic carbocycles. The van der Waals surface area contributed by atoms with Crippen molar-refractivity contribution in [2.75, 3.05) is 13.2 Å². The molecule has 0 aromatic rings. The quantitative estimate of drug-likeness (QED) is 0.0544. The Morgan fingerprint density at radius 3 is 0.950 bits per heavy atom. The van der Waals surface area contributed by atoms with E-state index < -0.39 is 11.1 Å². The van der Waals surface area contributed by atoms with E-state index in [1.165, 1.54) is 70.6 Å². The highest BCUT2D eigenvalue weighted by atomic mass is 16.6. The molecule has 240 valence electrons. The summed E-state index contributed by atoms with van der Waals surface area (Å²) in [5.74, 6) is 0. The van der Waals surface area contributed by atoms with E-state index in [4.69, 9.17) is 0 Å². The van der Waals surface area contributed by atoms with Crippen LogP contribution in [-0.4, -0.2) is 44.4 Å². The van der Waals surface area contributed by atoms with Gasteiger partial charge in [0.1, 0.15) is 13.2 Å². The van der Waals surface area contributed by atoms with Crippen LogP contribution in [0.15, 0.2) is 0 Å². The third-order valence-corrected chi connectivity index (χ3v) is 8.51. The van der Waals surface area contributed by atoms with E-state index in [0.717, 1.165) is 57.8 Å². The van der Waals surface area contributed by atoms with Gasteiger partial charge in [0.05, 0.1) is 0 Å². The van der Waals surface area contributed by atoms with Crippen LogP contribution in [0.4, 0.5) is 0 Å². The van der Waals surface area contributed by atoms with E-state index in [-0.39, 0.29) is 23.1 Å². The van der Waals surface area contributed by atoms with Gasteiger partial charge in [0.15, 0.2) is 0 Å². The molecule has 8 nitrogen and oxygen atoms in total. The van der Waals surface area contributed by atoms with Gasteiger partial charge in [-0.15, -0.1) is 0 Å². The molecule has 0 saturated carbocycles. The number of nitrogens with zero attached hydrogens (tertiary/aromatic N) is 2. The van der Waals surface area contributed by atoms with Crippen LogP contribution in [0, 0.1) is 20.2 Å². The summed E-state index contributed by atoms with van der Waals surface area (Å²) in [5.41, 5.74) is -2.18. The van der Waals surface area contributed by atoms with E-state index in [1.54, 1.807) is 6.92 Å². The van der Waals surface area contributed by atoms with Gasteiger partial charge in [-0.1, -0.05) is 137 Å². The zero-order chi connectivity index (χ0) is 30.5. The Balaban J connectivity index is 0. The largest absolute Gasteiger partial charge is 0.389 e. The average Bonchev–Trinajstić information content (AvgIpc) is 2.95. The predicted molar refractivity (Wildman–Crippen MR) is 167 cm³/mol. The molecule has 8 heteroatoms. The van der Waals surface area contributed by atoms with Crippen molar-refractivity contribution < 1.29 is 20.1 Å². The van der Waals surface area contributed by atoms with Crippen LogP contribution >= 0.6 is 0 Å². The normalized spacial score (nSPS) is 14.2. The molecule has 0 aliphatic heterocycles. The van der Waals surface area contributed by atoms with E-state index in [9.17, 15) is 30.4 Å². The minimum Gasteiger partial charge on any atom is -0.389 e. The zero-order valence-electron chi connectivity index (χ0n) is 26.8. The standard InChI is InChI=1S/C18H37NO3.C14H29NO3/c1-3-5-7-9-10-11-12-14-16-18(17-20,19(21)22)15-13-8-6-4-2;1-3-5-6-7-8-9-10-11-12-14(4-2,13-16)15(17)18/h20H,3-17H2,1-2H3;16H,3-13H2,1-2H3. The maximum absolute atomic E-state index is 11.4. The number of hydrogen-bond acceptors (Lipinski definition) is 6. The van der Waals surface area contributed by atoms with Crippen molar-refractivity contribution in [3.63, 3.8) is 0 Å². The number of aliphatic hydroxyl groups is 2. The molecule has 0 aromatic heterocycles. The molecule has 0 saturated heterocycles. The molecular weight excluding hydrogens is 508 g/mol. The molecule has 0 aliphatic rings. The second-order valence-corrected chi connectivity index (χ2v) is 11.9. The summed E-state index contributed by atoms with van der Waals surface area (Å²) < 4.78 is 0. The van der Waals surface area contributed by atoms with Crippen LogP contribution in [0.25, 0.3) is 0 Å². The fourth-order valence-corrected chi connectivity index (χ4v) is 5.23. The van der Waals surface area contributed by atoms with Gasteiger partial charge in [-0.3, -0.25) is 20.2 Å². The second kappa shape index (κ2) is 27.9. The average molecular weight is 575 g/mol. The van der Waals surface area contributed by atoms with Crippen molar-refractivity contribution >= 4 is 0 Å². The maximum atomic E-state index is 11.4. The molecule has 40 heavy (non-hydrogen) atoms. The van der Waals surface area contributed by atoms with Gasteiger partial charge >= 0.3 is 0 Å². The van der Waals surface area contributed by atoms with Crippen LogP contribution in [-0.2, 0) is 0 Å². The lowest BCUT2D eigenvalue weighted by molar-refractivity contribution is -0.576. The number of rotatable bonds is 28. The second-order valence-electron chi connectivity index (χ2n) is 11.9. The lowest BCUT2D eigenvalue weighted by Crippen LogP contribution is -2.42. The first-order chi connectivity index (χ1) is 19.3. The number of aliphatic hydroxyl groups excluding tert-OH is 2. The van der Waals surface area contributed by atoms with Crippen LogP contribution in [0.3, 0.4) is 0 Å². The van der Waals surface area contributed by atoms with Gasteiger partial charge in [-0.25, -0.2) is 0 Å². The van der Waals surface area contributed by atoms with Crippen molar-refractivity contribution in [2.24, 2.45) is 0 Å². The van der Waals surface area contributed by atoms with Crippen LogP contribution in [0.2, 0.25) is 0 Å².